The second-order valence-corrected chi connectivity index (χ2v) is 8.70. The molecule has 3 heterocycles. The van der Waals surface area contributed by atoms with Crippen LogP contribution in [0.5, 0.6) is 0 Å². The number of anilines is 2. The average Bonchev–Trinajstić information content (AvgIpc) is 3.32. The van der Waals surface area contributed by atoms with Crippen LogP contribution >= 0.6 is 0 Å². The van der Waals surface area contributed by atoms with Gasteiger partial charge in [-0.1, -0.05) is 36.4 Å². The number of aryl methyl sites for hydroxylation is 1. The second kappa shape index (κ2) is 9.17. The highest BCUT2D eigenvalue weighted by Gasteiger charge is 2.28. The van der Waals surface area contributed by atoms with Crippen molar-refractivity contribution >= 4 is 29.0 Å². The molecule has 0 bridgehead atoms. The van der Waals surface area contributed by atoms with Gasteiger partial charge in [-0.05, 0) is 48.9 Å². The summed E-state index contributed by atoms with van der Waals surface area (Å²) in [5, 5.41) is 16.6. The number of piperidine rings is 1. The number of hydrogen-bond donors (Lipinski definition) is 2. The topological polar surface area (TPSA) is 99.8 Å². The van der Waals surface area contributed by atoms with Gasteiger partial charge in [0.25, 0.3) is 5.91 Å². The highest BCUT2D eigenvalue weighted by Crippen LogP contribution is 2.31. The molecule has 0 atom stereocenters. The number of aromatic nitrogens is 3. The number of benzene rings is 2. The molecule has 0 saturated carbocycles. The largest absolute Gasteiger partial charge is 0.477 e. The number of amides is 1. The fourth-order valence-corrected chi connectivity index (χ4v) is 4.53. The number of fused-ring (bicyclic) bond motifs is 1. The zero-order valence-corrected chi connectivity index (χ0v) is 19.1. The minimum atomic E-state index is -1.19. The molecule has 35 heavy (non-hydrogen) atoms. The third-order valence-corrected chi connectivity index (χ3v) is 6.42. The molecule has 9 heteroatoms. The van der Waals surface area contributed by atoms with Gasteiger partial charge in [0.2, 0.25) is 0 Å². The number of likely N-dealkylation sites (tertiary alicyclic amines) is 1. The summed E-state index contributed by atoms with van der Waals surface area (Å²) < 4.78 is 15.8. The second-order valence-electron chi connectivity index (χ2n) is 8.70. The zero-order chi connectivity index (χ0) is 24.5. The molecular weight excluding hydrogens is 449 g/mol. The number of halogens is 1. The van der Waals surface area contributed by atoms with E-state index in [1.807, 2.05) is 25.1 Å². The SMILES string of the molecule is Cc1ccc(F)c(Nc2c(C(=O)N3CCC(c4ccccc4)CC3)cnc3c(C(=O)O)cnn23)c1. The maximum Gasteiger partial charge on any atom is 0.341 e. The minimum Gasteiger partial charge on any atom is -0.477 e. The Morgan fingerprint density at radius 3 is 2.51 bits per heavy atom. The lowest BCUT2D eigenvalue weighted by molar-refractivity contribution is 0.0695. The van der Waals surface area contributed by atoms with E-state index in [1.165, 1.54) is 28.5 Å². The molecule has 2 N–H and O–H groups in total. The lowest BCUT2D eigenvalue weighted by atomic mass is 9.89. The molecule has 1 amide bonds. The summed E-state index contributed by atoms with van der Waals surface area (Å²) in [7, 11) is 0. The Morgan fingerprint density at radius 1 is 1.06 bits per heavy atom. The van der Waals surface area contributed by atoms with Gasteiger partial charge in [-0.3, -0.25) is 4.79 Å². The Hall–Kier alpha value is -4.27. The van der Waals surface area contributed by atoms with E-state index in [9.17, 15) is 19.1 Å². The molecule has 4 aromatic rings. The zero-order valence-electron chi connectivity index (χ0n) is 19.1. The van der Waals surface area contributed by atoms with Crippen LogP contribution in [0.25, 0.3) is 5.65 Å². The first-order chi connectivity index (χ1) is 16.9. The highest BCUT2D eigenvalue weighted by molar-refractivity contribution is 6.01. The third-order valence-electron chi connectivity index (χ3n) is 6.42. The van der Waals surface area contributed by atoms with Gasteiger partial charge in [0, 0.05) is 19.3 Å². The Labute approximate surface area is 201 Å². The van der Waals surface area contributed by atoms with Crippen molar-refractivity contribution in [3.8, 4) is 0 Å². The maximum atomic E-state index is 14.6. The van der Waals surface area contributed by atoms with Crippen molar-refractivity contribution in [1.29, 1.82) is 0 Å². The number of hydrogen-bond acceptors (Lipinski definition) is 5. The van der Waals surface area contributed by atoms with E-state index in [4.69, 9.17) is 0 Å². The monoisotopic (exact) mass is 473 g/mol. The molecule has 2 aromatic carbocycles. The quantitative estimate of drug-likeness (QED) is 0.438. The molecule has 0 aliphatic carbocycles. The third kappa shape index (κ3) is 4.32. The van der Waals surface area contributed by atoms with Gasteiger partial charge in [0.15, 0.2) is 5.65 Å². The van der Waals surface area contributed by atoms with Crippen LogP contribution in [0.15, 0.2) is 60.9 Å². The van der Waals surface area contributed by atoms with E-state index in [1.54, 1.807) is 17.0 Å². The van der Waals surface area contributed by atoms with Crippen molar-refractivity contribution in [3.05, 3.63) is 89.0 Å². The van der Waals surface area contributed by atoms with Crippen LogP contribution in [0, 0.1) is 12.7 Å². The van der Waals surface area contributed by atoms with Crippen molar-refractivity contribution in [2.45, 2.75) is 25.7 Å². The predicted molar refractivity (Wildman–Crippen MR) is 129 cm³/mol. The number of carboxylic acids is 1. The highest BCUT2D eigenvalue weighted by atomic mass is 19.1. The average molecular weight is 474 g/mol. The standard InChI is InChI=1S/C26H24FN5O3/c1-16-7-8-21(27)22(13-16)30-24-19(14-28-23-20(26(34)35)15-29-32(23)24)25(33)31-11-9-18(10-12-31)17-5-3-2-4-6-17/h2-8,13-15,18,30H,9-12H2,1H3,(H,34,35). The first kappa shape index (κ1) is 22.5. The number of carbonyl (C=O) groups excluding carboxylic acids is 1. The van der Waals surface area contributed by atoms with E-state index in [-0.39, 0.29) is 34.2 Å². The van der Waals surface area contributed by atoms with Crippen LogP contribution in [-0.2, 0) is 0 Å². The fraction of sp³-hybridized carbons (Fsp3) is 0.231. The lowest BCUT2D eigenvalue weighted by Crippen LogP contribution is -2.38. The Morgan fingerprint density at radius 2 is 1.80 bits per heavy atom. The number of rotatable bonds is 5. The molecule has 1 aliphatic heterocycles. The van der Waals surface area contributed by atoms with Crippen molar-refractivity contribution in [2.75, 3.05) is 18.4 Å². The van der Waals surface area contributed by atoms with Gasteiger partial charge in [-0.2, -0.15) is 9.61 Å². The van der Waals surface area contributed by atoms with Crippen molar-refractivity contribution in [1.82, 2.24) is 19.5 Å². The normalized spacial score (nSPS) is 14.3. The van der Waals surface area contributed by atoms with Gasteiger partial charge in [0.05, 0.1) is 11.9 Å². The van der Waals surface area contributed by atoms with Gasteiger partial charge < -0.3 is 15.3 Å². The molecular formula is C26H24FN5O3. The Balaban J connectivity index is 1.49. The minimum absolute atomic E-state index is 0.0624. The number of carboxylic acid groups (broad SMARTS) is 1. The van der Waals surface area contributed by atoms with Crippen LogP contribution in [0.3, 0.4) is 0 Å². The molecule has 0 unspecified atom stereocenters. The van der Waals surface area contributed by atoms with Gasteiger partial charge in [-0.15, -0.1) is 0 Å². The van der Waals surface area contributed by atoms with E-state index in [0.29, 0.717) is 19.0 Å². The van der Waals surface area contributed by atoms with E-state index < -0.39 is 11.8 Å². The summed E-state index contributed by atoms with van der Waals surface area (Å²) in [6, 6.07) is 14.8. The predicted octanol–water partition coefficient (Wildman–Crippen LogP) is 4.64. The molecule has 0 radical (unpaired) electrons. The Bertz CT molecular complexity index is 1410. The summed E-state index contributed by atoms with van der Waals surface area (Å²) in [5.74, 6) is -1.42. The molecule has 8 nitrogen and oxygen atoms in total. The van der Waals surface area contributed by atoms with Crippen LogP contribution in [0.4, 0.5) is 15.9 Å². The van der Waals surface area contributed by atoms with Crippen molar-refractivity contribution in [2.24, 2.45) is 0 Å². The molecule has 5 rings (SSSR count). The van der Waals surface area contributed by atoms with E-state index in [2.05, 4.69) is 27.5 Å². The molecule has 1 saturated heterocycles. The van der Waals surface area contributed by atoms with Gasteiger partial charge in [0.1, 0.15) is 22.8 Å². The van der Waals surface area contributed by atoms with Crippen LogP contribution < -0.4 is 5.32 Å². The molecule has 1 aliphatic rings. The van der Waals surface area contributed by atoms with Crippen LogP contribution in [0.2, 0.25) is 0 Å². The lowest BCUT2D eigenvalue weighted by Gasteiger charge is -2.32. The summed E-state index contributed by atoms with van der Waals surface area (Å²) in [5.41, 5.74) is 2.38. The first-order valence-electron chi connectivity index (χ1n) is 11.4. The van der Waals surface area contributed by atoms with Gasteiger partial charge in [-0.25, -0.2) is 14.2 Å². The number of aromatic carboxylic acids is 1. The van der Waals surface area contributed by atoms with Gasteiger partial charge >= 0.3 is 5.97 Å². The van der Waals surface area contributed by atoms with Crippen molar-refractivity contribution < 1.29 is 19.1 Å². The molecule has 1 fully saturated rings. The Kier molecular flexibility index (Phi) is 5.90. The van der Waals surface area contributed by atoms with Crippen LogP contribution in [0.1, 0.15) is 50.6 Å². The number of carbonyl (C=O) groups is 2. The molecule has 178 valence electrons. The molecule has 2 aromatic heterocycles. The van der Waals surface area contributed by atoms with Crippen molar-refractivity contribution in [3.63, 3.8) is 0 Å². The summed E-state index contributed by atoms with van der Waals surface area (Å²) in [6.07, 6.45) is 4.16. The fourth-order valence-electron chi connectivity index (χ4n) is 4.53. The summed E-state index contributed by atoms with van der Waals surface area (Å²) >= 11 is 0. The maximum absolute atomic E-state index is 14.6. The summed E-state index contributed by atoms with van der Waals surface area (Å²) in [4.78, 5) is 31.2. The first-order valence-corrected chi connectivity index (χ1v) is 11.4. The van der Waals surface area contributed by atoms with E-state index in [0.717, 1.165) is 18.4 Å². The summed E-state index contributed by atoms with van der Waals surface area (Å²) in [6.45, 7) is 2.95. The number of nitrogens with zero attached hydrogens (tertiary/aromatic N) is 4. The van der Waals surface area contributed by atoms with Crippen LogP contribution in [-0.4, -0.2) is 49.6 Å². The molecule has 0 spiro atoms. The van der Waals surface area contributed by atoms with E-state index >= 15 is 0 Å². The smallest absolute Gasteiger partial charge is 0.341 e. The number of nitrogens with one attached hydrogen (secondary N) is 1.